The van der Waals surface area contributed by atoms with Crippen LogP contribution in [0.15, 0.2) is 35.2 Å². The van der Waals surface area contributed by atoms with Crippen LogP contribution >= 0.6 is 11.3 Å². The first kappa shape index (κ1) is 17.0. The minimum absolute atomic E-state index is 0.0767. The number of carbonyl (C=O) groups excluding carboxylic acids is 1. The summed E-state index contributed by atoms with van der Waals surface area (Å²) >= 11 is 1.55. The average Bonchev–Trinajstić information content (AvgIpc) is 3.13. The van der Waals surface area contributed by atoms with E-state index in [1.807, 2.05) is 41.6 Å². The molecule has 1 heterocycles. The zero-order chi connectivity index (χ0) is 16.9. The Balaban J connectivity index is 1.67. The van der Waals surface area contributed by atoms with Crippen molar-refractivity contribution < 1.29 is 9.53 Å². The van der Waals surface area contributed by atoms with Gasteiger partial charge in [0.15, 0.2) is 0 Å². The maximum absolute atomic E-state index is 12.8. The molecular formula is C19H24N2O2S. The van der Waals surface area contributed by atoms with Gasteiger partial charge in [-0.3, -0.25) is 4.79 Å². The fraction of sp³-hybridized carbons (Fsp3) is 0.474. The molecule has 1 aliphatic carbocycles. The normalized spacial score (nSPS) is 20.6. The largest absolute Gasteiger partial charge is 0.487 e. The second-order valence-corrected chi connectivity index (χ2v) is 7.26. The first-order valence-electron chi connectivity index (χ1n) is 8.52. The lowest BCUT2D eigenvalue weighted by molar-refractivity contribution is 0.0628. The van der Waals surface area contributed by atoms with Gasteiger partial charge in [0.1, 0.15) is 12.4 Å². The molecule has 2 aromatic rings. The van der Waals surface area contributed by atoms with Gasteiger partial charge < -0.3 is 9.64 Å². The number of ether oxygens (including phenoxy) is 1. The molecule has 0 aliphatic heterocycles. The third-order valence-electron chi connectivity index (χ3n) is 4.84. The van der Waals surface area contributed by atoms with E-state index in [4.69, 9.17) is 4.74 Å². The van der Waals surface area contributed by atoms with Crippen LogP contribution in [0.5, 0.6) is 5.75 Å². The fourth-order valence-electron chi connectivity index (χ4n) is 3.41. The zero-order valence-corrected chi connectivity index (χ0v) is 15.1. The lowest BCUT2D eigenvalue weighted by atomic mass is 9.85. The lowest BCUT2D eigenvalue weighted by Crippen LogP contribution is -2.42. The number of amides is 1. The van der Waals surface area contributed by atoms with Crippen molar-refractivity contribution in [2.75, 3.05) is 7.05 Å². The summed E-state index contributed by atoms with van der Waals surface area (Å²) in [7, 11) is 1.93. The zero-order valence-electron chi connectivity index (χ0n) is 14.3. The van der Waals surface area contributed by atoms with E-state index in [0.717, 1.165) is 12.1 Å². The molecule has 0 saturated heterocycles. The number of nitrogens with zero attached hydrogens (tertiary/aromatic N) is 2. The van der Waals surface area contributed by atoms with Gasteiger partial charge in [0.05, 0.1) is 11.2 Å². The number of aromatic nitrogens is 1. The summed E-state index contributed by atoms with van der Waals surface area (Å²) in [6.07, 6.45) is 4.80. The highest BCUT2D eigenvalue weighted by molar-refractivity contribution is 7.07. The summed E-state index contributed by atoms with van der Waals surface area (Å²) in [5, 5.41) is 1.97. The summed E-state index contributed by atoms with van der Waals surface area (Å²) in [6, 6.07) is 7.79. The minimum Gasteiger partial charge on any atom is -0.487 e. The van der Waals surface area contributed by atoms with Crippen molar-refractivity contribution in [2.24, 2.45) is 5.92 Å². The lowest BCUT2D eigenvalue weighted by Gasteiger charge is -2.36. The molecule has 0 spiro atoms. The highest BCUT2D eigenvalue weighted by Gasteiger charge is 2.28. The van der Waals surface area contributed by atoms with Gasteiger partial charge in [-0.25, -0.2) is 4.98 Å². The molecule has 0 radical (unpaired) electrons. The molecule has 128 valence electrons. The van der Waals surface area contributed by atoms with Gasteiger partial charge in [0.25, 0.3) is 5.91 Å². The molecule has 1 aromatic carbocycles. The van der Waals surface area contributed by atoms with Gasteiger partial charge in [-0.15, -0.1) is 11.3 Å². The molecule has 0 bridgehead atoms. The van der Waals surface area contributed by atoms with Gasteiger partial charge in [-0.05, 0) is 37.0 Å². The van der Waals surface area contributed by atoms with E-state index in [1.54, 1.807) is 16.8 Å². The number of thiazole rings is 1. The number of carbonyl (C=O) groups is 1. The van der Waals surface area contributed by atoms with Crippen molar-refractivity contribution in [3.05, 3.63) is 46.4 Å². The Morgan fingerprint density at radius 1 is 1.38 bits per heavy atom. The molecule has 4 nitrogen and oxygen atoms in total. The van der Waals surface area contributed by atoms with Crippen molar-refractivity contribution in [2.45, 2.75) is 45.3 Å². The molecule has 5 heteroatoms. The summed E-state index contributed by atoms with van der Waals surface area (Å²) in [6.45, 7) is 2.68. The molecular weight excluding hydrogens is 320 g/mol. The van der Waals surface area contributed by atoms with Crippen LogP contribution in [0.1, 0.15) is 48.7 Å². The SMILES string of the molecule is CC1CCCCC1N(C)C(=O)c1cccc(OCc2cscn2)c1. The van der Waals surface area contributed by atoms with Crippen LogP contribution < -0.4 is 4.74 Å². The van der Waals surface area contributed by atoms with Gasteiger partial charge >= 0.3 is 0 Å². The van der Waals surface area contributed by atoms with E-state index in [-0.39, 0.29) is 5.91 Å². The van der Waals surface area contributed by atoms with Crippen molar-refractivity contribution >= 4 is 17.2 Å². The Morgan fingerprint density at radius 2 is 2.21 bits per heavy atom. The standard InChI is InChI=1S/C19H24N2O2S/c1-14-6-3-4-9-18(14)21(2)19(22)15-7-5-8-17(10-15)23-11-16-12-24-13-20-16/h5,7-8,10,12-14,18H,3-4,6,9,11H2,1-2H3. The van der Waals surface area contributed by atoms with E-state index >= 15 is 0 Å². The Hall–Kier alpha value is -1.88. The maximum atomic E-state index is 12.8. The third-order valence-corrected chi connectivity index (χ3v) is 5.47. The summed E-state index contributed by atoms with van der Waals surface area (Å²) < 4.78 is 5.76. The first-order chi connectivity index (χ1) is 11.6. The predicted molar refractivity (Wildman–Crippen MR) is 96.4 cm³/mol. The van der Waals surface area contributed by atoms with E-state index in [2.05, 4.69) is 11.9 Å². The number of benzene rings is 1. The molecule has 3 rings (SSSR count). The molecule has 2 unspecified atom stereocenters. The van der Waals surface area contributed by atoms with Crippen molar-refractivity contribution in [3.63, 3.8) is 0 Å². The van der Waals surface area contributed by atoms with Crippen LogP contribution in [-0.4, -0.2) is 28.9 Å². The molecule has 1 saturated carbocycles. The van der Waals surface area contributed by atoms with Gasteiger partial charge in [-0.1, -0.05) is 25.8 Å². The monoisotopic (exact) mass is 344 g/mol. The van der Waals surface area contributed by atoms with Gasteiger partial charge in [0, 0.05) is 24.0 Å². The van der Waals surface area contributed by atoms with Crippen LogP contribution in [0.3, 0.4) is 0 Å². The number of hydrogen-bond donors (Lipinski definition) is 0. The average molecular weight is 344 g/mol. The van der Waals surface area contributed by atoms with Crippen molar-refractivity contribution in [1.82, 2.24) is 9.88 Å². The van der Waals surface area contributed by atoms with Crippen LogP contribution in [0.4, 0.5) is 0 Å². The second-order valence-electron chi connectivity index (χ2n) is 6.54. The Kier molecular flexibility index (Phi) is 5.51. The van der Waals surface area contributed by atoms with Crippen LogP contribution in [0, 0.1) is 5.92 Å². The molecule has 1 aliphatic rings. The molecule has 1 amide bonds. The van der Waals surface area contributed by atoms with Crippen LogP contribution in [0.25, 0.3) is 0 Å². The Labute approximate surface area is 147 Å². The Morgan fingerprint density at radius 3 is 2.96 bits per heavy atom. The van der Waals surface area contributed by atoms with Gasteiger partial charge in [-0.2, -0.15) is 0 Å². The molecule has 0 N–H and O–H groups in total. The first-order valence-corrected chi connectivity index (χ1v) is 9.46. The summed E-state index contributed by atoms with van der Waals surface area (Å²) in [4.78, 5) is 19.0. The molecule has 2 atom stereocenters. The van der Waals surface area contributed by atoms with Crippen molar-refractivity contribution in [1.29, 1.82) is 0 Å². The van der Waals surface area contributed by atoms with Crippen LogP contribution in [-0.2, 0) is 6.61 Å². The number of hydrogen-bond acceptors (Lipinski definition) is 4. The predicted octanol–water partition coefficient (Wildman–Crippen LogP) is 4.37. The highest BCUT2D eigenvalue weighted by atomic mass is 32.1. The topological polar surface area (TPSA) is 42.4 Å². The molecule has 1 fully saturated rings. The third kappa shape index (κ3) is 3.96. The van der Waals surface area contributed by atoms with Gasteiger partial charge in [0.2, 0.25) is 0 Å². The smallest absolute Gasteiger partial charge is 0.253 e. The summed E-state index contributed by atoms with van der Waals surface area (Å²) in [5.74, 6) is 1.35. The van der Waals surface area contributed by atoms with Crippen molar-refractivity contribution in [3.8, 4) is 5.75 Å². The summed E-state index contributed by atoms with van der Waals surface area (Å²) in [5.41, 5.74) is 3.38. The van der Waals surface area contributed by atoms with E-state index in [9.17, 15) is 4.79 Å². The fourth-order valence-corrected chi connectivity index (χ4v) is 3.95. The maximum Gasteiger partial charge on any atom is 0.253 e. The van der Waals surface area contributed by atoms with Crippen LogP contribution in [0.2, 0.25) is 0 Å². The molecule has 24 heavy (non-hydrogen) atoms. The van der Waals surface area contributed by atoms with E-state index in [0.29, 0.717) is 29.9 Å². The van der Waals surface area contributed by atoms with E-state index < -0.39 is 0 Å². The van der Waals surface area contributed by atoms with E-state index in [1.165, 1.54) is 19.3 Å². The quantitative estimate of drug-likeness (QED) is 0.809. The minimum atomic E-state index is 0.0767. The highest BCUT2D eigenvalue weighted by Crippen LogP contribution is 2.28. The molecule has 1 aromatic heterocycles. The number of rotatable bonds is 5. The second kappa shape index (κ2) is 7.79. The Bertz CT molecular complexity index is 672.